The fraction of sp³-hybridized carbons (Fsp3) is 1.00. The number of hydrogen-bond acceptors (Lipinski definition) is 3. The molecule has 1 aliphatic rings. The maximum atomic E-state index is 5.53. The molecule has 1 heterocycles. The fourth-order valence-corrected chi connectivity index (χ4v) is 1.68. The van der Waals surface area contributed by atoms with Gasteiger partial charge in [-0.1, -0.05) is 0 Å². The molecule has 0 bridgehead atoms. The summed E-state index contributed by atoms with van der Waals surface area (Å²) >= 11 is 0. The Bertz CT molecular complexity index is 113. The maximum Gasteiger partial charge on any atom is 0.0576 e. The van der Waals surface area contributed by atoms with Crippen molar-refractivity contribution in [1.82, 2.24) is 5.32 Å². The molecule has 1 unspecified atom stereocenters. The molecule has 0 aromatic heterocycles. The third kappa shape index (κ3) is 5.24. The Hall–Kier alpha value is -0.120. The van der Waals surface area contributed by atoms with E-state index in [0.717, 1.165) is 32.7 Å². The van der Waals surface area contributed by atoms with Crippen molar-refractivity contribution in [3.63, 3.8) is 0 Å². The van der Waals surface area contributed by atoms with Crippen LogP contribution in [0.15, 0.2) is 0 Å². The third-order valence-corrected chi connectivity index (χ3v) is 2.46. The summed E-state index contributed by atoms with van der Waals surface area (Å²) in [5, 5.41) is 3.37. The van der Waals surface area contributed by atoms with E-state index in [1.807, 2.05) is 0 Å². The first-order valence-electron chi connectivity index (χ1n) is 5.46. The third-order valence-electron chi connectivity index (χ3n) is 2.46. The Morgan fingerprint density at radius 2 is 2.15 bits per heavy atom. The summed E-state index contributed by atoms with van der Waals surface area (Å²) in [6, 6.07) is 0. The van der Waals surface area contributed by atoms with Crippen molar-refractivity contribution >= 4 is 0 Å². The second-order valence-electron chi connectivity index (χ2n) is 3.67. The van der Waals surface area contributed by atoms with E-state index in [0.29, 0.717) is 6.10 Å². The van der Waals surface area contributed by atoms with Crippen molar-refractivity contribution in [3.05, 3.63) is 0 Å². The number of hydrogen-bond donors (Lipinski definition) is 2. The topological polar surface area (TPSA) is 47.3 Å². The lowest BCUT2D eigenvalue weighted by Gasteiger charge is -2.08. The molecule has 0 spiro atoms. The van der Waals surface area contributed by atoms with Crippen LogP contribution in [0.5, 0.6) is 0 Å². The summed E-state index contributed by atoms with van der Waals surface area (Å²) in [6.07, 6.45) is 6.61. The Balaban J connectivity index is 1.78. The lowest BCUT2D eigenvalue weighted by Crippen LogP contribution is -2.20. The summed E-state index contributed by atoms with van der Waals surface area (Å²) in [7, 11) is 0. The van der Waals surface area contributed by atoms with Gasteiger partial charge in [0.2, 0.25) is 0 Å². The van der Waals surface area contributed by atoms with Gasteiger partial charge in [-0.25, -0.2) is 0 Å². The molecule has 0 amide bonds. The molecule has 1 fully saturated rings. The highest BCUT2D eigenvalue weighted by atomic mass is 16.5. The van der Waals surface area contributed by atoms with Crippen molar-refractivity contribution in [2.45, 2.75) is 38.2 Å². The van der Waals surface area contributed by atoms with Crippen LogP contribution in [0.1, 0.15) is 32.1 Å². The molecule has 3 nitrogen and oxygen atoms in total. The highest BCUT2D eigenvalue weighted by Gasteiger charge is 2.13. The van der Waals surface area contributed by atoms with Gasteiger partial charge >= 0.3 is 0 Å². The molecule has 1 rings (SSSR count). The molecule has 1 aliphatic heterocycles. The van der Waals surface area contributed by atoms with E-state index in [1.54, 1.807) is 0 Å². The normalized spacial score (nSPS) is 22.4. The van der Waals surface area contributed by atoms with Crippen LogP contribution in [0.3, 0.4) is 0 Å². The van der Waals surface area contributed by atoms with E-state index < -0.39 is 0 Å². The SMILES string of the molecule is NCCCNCCCC1CCCO1. The van der Waals surface area contributed by atoms with Gasteiger partial charge in [0.15, 0.2) is 0 Å². The summed E-state index contributed by atoms with van der Waals surface area (Å²) < 4.78 is 5.53. The van der Waals surface area contributed by atoms with E-state index in [-0.39, 0.29) is 0 Å². The van der Waals surface area contributed by atoms with Gasteiger partial charge in [-0.3, -0.25) is 0 Å². The molecular weight excluding hydrogens is 164 g/mol. The largest absolute Gasteiger partial charge is 0.378 e. The molecule has 0 aliphatic carbocycles. The standard InChI is InChI=1S/C10H22N2O/c11-6-3-8-12-7-1-4-10-5-2-9-13-10/h10,12H,1-9,11H2. The maximum absolute atomic E-state index is 5.53. The Morgan fingerprint density at radius 3 is 2.85 bits per heavy atom. The second-order valence-corrected chi connectivity index (χ2v) is 3.67. The zero-order chi connectivity index (χ0) is 9.36. The minimum atomic E-state index is 0.552. The number of rotatable bonds is 7. The van der Waals surface area contributed by atoms with Gasteiger partial charge in [0, 0.05) is 6.61 Å². The first kappa shape index (κ1) is 11.0. The molecule has 3 N–H and O–H groups in total. The summed E-state index contributed by atoms with van der Waals surface area (Å²) in [6.45, 7) is 3.94. The van der Waals surface area contributed by atoms with Crippen LogP contribution in [0.2, 0.25) is 0 Å². The van der Waals surface area contributed by atoms with Gasteiger partial charge in [0.05, 0.1) is 6.10 Å². The van der Waals surface area contributed by atoms with Gasteiger partial charge in [-0.15, -0.1) is 0 Å². The molecule has 0 radical (unpaired) electrons. The molecule has 3 heteroatoms. The highest BCUT2D eigenvalue weighted by molar-refractivity contribution is 4.65. The van der Waals surface area contributed by atoms with Crippen molar-refractivity contribution in [1.29, 1.82) is 0 Å². The average Bonchev–Trinajstić information content (AvgIpc) is 2.63. The van der Waals surface area contributed by atoms with Crippen molar-refractivity contribution in [2.24, 2.45) is 5.73 Å². The van der Waals surface area contributed by atoms with Crippen molar-refractivity contribution in [3.8, 4) is 0 Å². The highest BCUT2D eigenvalue weighted by Crippen LogP contribution is 2.16. The van der Waals surface area contributed by atoms with E-state index >= 15 is 0 Å². The van der Waals surface area contributed by atoms with Crippen LogP contribution in [0.25, 0.3) is 0 Å². The zero-order valence-corrected chi connectivity index (χ0v) is 8.43. The molecule has 0 aromatic rings. The Labute approximate surface area is 81.0 Å². The first-order chi connectivity index (χ1) is 6.43. The predicted octanol–water partition coefficient (Wildman–Crippen LogP) is 0.884. The quantitative estimate of drug-likeness (QED) is 0.580. The monoisotopic (exact) mass is 186 g/mol. The first-order valence-corrected chi connectivity index (χ1v) is 5.46. The van der Waals surface area contributed by atoms with Crippen molar-refractivity contribution in [2.75, 3.05) is 26.2 Å². The predicted molar refractivity (Wildman–Crippen MR) is 54.7 cm³/mol. The smallest absolute Gasteiger partial charge is 0.0576 e. The zero-order valence-electron chi connectivity index (χ0n) is 8.43. The van der Waals surface area contributed by atoms with Crippen LogP contribution in [-0.4, -0.2) is 32.3 Å². The van der Waals surface area contributed by atoms with Crippen LogP contribution in [0.4, 0.5) is 0 Å². The number of ether oxygens (including phenoxy) is 1. The van der Waals surface area contributed by atoms with E-state index in [1.165, 1.54) is 25.7 Å². The Morgan fingerprint density at radius 1 is 1.31 bits per heavy atom. The fourth-order valence-electron chi connectivity index (χ4n) is 1.68. The molecule has 1 atom stereocenters. The van der Waals surface area contributed by atoms with E-state index in [9.17, 15) is 0 Å². The molecular formula is C10H22N2O. The number of nitrogens with one attached hydrogen (secondary N) is 1. The van der Waals surface area contributed by atoms with Crippen molar-refractivity contribution < 1.29 is 4.74 Å². The molecule has 1 saturated heterocycles. The lowest BCUT2D eigenvalue weighted by atomic mass is 10.1. The molecule has 13 heavy (non-hydrogen) atoms. The van der Waals surface area contributed by atoms with Gasteiger partial charge in [-0.05, 0) is 51.7 Å². The minimum absolute atomic E-state index is 0.552. The summed E-state index contributed by atoms with van der Waals surface area (Å²) in [5.74, 6) is 0. The molecule has 78 valence electrons. The summed E-state index contributed by atoms with van der Waals surface area (Å²) in [5.41, 5.74) is 5.38. The Kier molecular flexibility index (Phi) is 6.15. The van der Waals surface area contributed by atoms with Gasteiger partial charge in [-0.2, -0.15) is 0 Å². The van der Waals surface area contributed by atoms with Crippen LogP contribution < -0.4 is 11.1 Å². The van der Waals surface area contributed by atoms with Crippen LogP contribution in [-0.2, 0) is 4.74 Å². The van der Waals surface area contributed by atoms with E-state index in [2.05, 4.69) is 5.32 Å². The van der Waals surface area contributed by atoms with Crippen LogP contribution >= 0.6 is 0 Å². The minimum Gasteiger partial charge on any atom is -0.378 e. The van der Waals surface area contributed by atoms with E-state index in [4.69, 9.17) is 10.5 Å². The summed E-state index contributed by atoms with van der Waals surface area (Å²) in [4.78, 5) is 0. The molecule has 0 aromatic carbocycles. The second kappa shape index (κ2) is 7.30. The number of nitrogens with two attached hydrogens (primary N) is 1. The van der Waals surface area contributed by atoms with Crippen LogP contribution in [0, 0.1) is 0 Å². The van der Waals surface area contributed by atoms with Gasteiger partial charge < -0.3 is 15.8 Å². The molecule has 0 saturated carbocycles. The van der Waals surface area contributed by atoms with Gasteiger partial charge in [0.1, 0.15) is 0 Å². The average molecular weight is 186 g/mol. The lowest BCUT2D eigenvalue weighted by molar-refractivity contribution is 0.102. The van der Waals surface area contributed by atoms with Gasteiger partial charge in [0.25, 0.3) is 0 Å².